The average Bonchev–Trinajstić information content (AvgIpc) is 2.77. The summed E-state index contributed by atoms with van der Waals surface area (Å²) >= 11 is 0. The fourth-order valence-electron chi connectivity index (χ4n) is 1.87. The Hall–Kier alpha value is -2.63. The zero-order chi connectivity index (χ0) is 14.4. The number of rotatable bonds is 1. The molecular weight excluding hydrogens is 256 g/mol. The van der Waals surface area contributed by atoms with Gasteiger partial charge in [0.1, 0.15) is 38.2 Å². The molecule has 0 fully saturated rings. The van der Waals surface area contributed by atoms with Crippen LogP contribution in [0.5, 0.6) is 17.2 Å². The molecule has 1 aromatic heterocycles. The van der Waals surface area contributed by atoms with Gasteiger partial charge in [-0.2, -0.15) is 0 Å². The summed E-state index contributed by atoms with van der Waals surface area (Å²) in [5.74, 6) is -0.810. The van der Waals surface area contributed by atoms with E-state index in [-0.39, 0.29) is 28.4 Å². The van der Waals surface area contributed by atoms with Crippen molar-refractivity contribution in [2.45, 2.75) is 0 Å². The number of hydrogen-bond donors (Lipinski definition) is 3. The summed E-state index contributed by atoms with van der Waals surface area (Å²) in [6.07, 6.45) is 0. The van der Waals surface area contributed by atoms with Crippen molar-refractivity contribution < 1.29 is 15.3 Å². The number of aromatic nitrogens is 3. The van der Waals surface area contributed by atoms with Crippen molar-refractivity contribution in [3.05, 3.63) is 24.3 Å². The normalized spacial score (nSPS) is 11.0. The molecule has 20 heavy (non-hydrogen) atoms. The van der Waals surface area contributed by atoms with E-state index >= 15 is 0 Å². The third-order valence-electron chi connectivity index (χ3n) is 2.83. The number of aromatic hydroxyl groups is 3. The van der Waals surface area contributed by atoms with Gasteiger partial charge < -0.3 is 15.3 Å². The zero-order valence-electron chi connectivity index (χ0n) is 10.1. The lowest BCUT2D eigenvalue weighted by Gasteiger charge is -2.07. The maximum atomic E-state index is 9.93. The summed E-state index contributed by atoms with van der Waals surface area (Å²) in [5, 5.41) is 37.0. The Morgan fingerprint density at radius 2 is 1.40 bits per heavy atom. The van der Waals surface area contributed by atoms with E-state index in [4.69, 9.17) is 15.7 Å². The Labute approximate surface area is 116 Å². The van der Waals surface area contributed by atoms with Crippen LogP contribution < -0.4 is 10.9 Å². The van der Waals surface area contributed by atoms with Crippen LogP contribution in [0, 0.1) is 0 Å². The Morgan fingerprint density at radius 3 is 1.95 bits per heavy atom. The second-order valence-electron chi connectivity index (χ2n) is 4.30. The van der Waals surface area contributed by atoms with Crippen LogP contribution in [0.3, 0.4) is 0 Å². The molecule has 0 aliphatic rings. The fraction of sp³-hybridized carbons (Fsp3) is 0. The van der Waals surface area contributed by atoms with Crippen molar-refractivity contribution in [2.24, 2.45) is 0 Å². The molecule has 0 saturated carbocycles. The van der Waals surface area contributed by atoms with Gasteiger partial charge in [-0.25, -0.2) is 0 Å². The van der Waals surface area contributed by atoms with E-state index in [0.717, 1.165) is 4.80 Å². The van der Waals surface area contributed by atoms with E-state index in [2.05, 4.69) is 10.2 Å². The van der Waals surface area contributed by atoms with E-state index in [1.165, 1.54) is 24.3 Å². The molecule has 1 heterocycles. The Balaban J connectivity index is 2.25. The van der Waals surface area contributed by atoms with Gasteiger partial charge in [-0.3, -0.25) is 0 Å². The van der Waals surface area contributed by atoms with Gasteiger partial charge in [-0.1, -0.05) is 17.0 Å². The monoisotopic (exact) mass is 263 g/mol. The molecule has 94 valence electrons. The predicted molar refractivity (Wildman–Crippen MR) is 74.6 cm³/mol. The highest BCUT2D eigenvalue weighted by Crippen LogP contribution is 2.29. The number of phenolic OH excluding ortho intramolecular Hbond substituents is 3. The molecule has 0 spiro atoms. The molecule has 0 atom stereocenters. The minimum Gasteiger partial charge on any atom is -0.506 e. The van der Waals surface area contributed by atoms with Gasteiger partial charge in [-0.15, -0.1) is 15.0 Å². The van der Waals surface area contributed by atoms with Gasteiger partial charge in [-0.05, 0) is 6.07 Å². The minimum absolute atomic E-state index is 0.104. The second-order valence-corrected chi connectivity index (χ2v) is 4.30. The van der Waals surface area contributed by atoms with Crippen LogP contribution in [-0.2, 0) is 0 Å². The van der Waals surface area contributed by atoms with E-state index in [9.17, 15) is 15.3 Å². The summed E-state index contributed by atoms with van der Waals surface area (Å²) in [7, 11) is 11.3. The van der Waals surface area contributed by atoms with Gasteiger partial charge in [0.05, 0.1) is 0 Å². The van der Waals surface area contributed by atoms with Crippen molar-refractivity contribution in [1.82, 2.24) is 15.0 Å². The first-order valence-corrected chi connectivity index (χ1v) is 5.63. The molecule has 2 aromatic carbocycles. The summed E-state index contributed by atoms with van der Waals surface area (Å²) in [6.45, 7) is 0. The predicted octanol–water partition coefficient (Wildman–Crippen LogP) is -0.875. The van der Waals surface area contributed by atoms with Crippen LogP contribution in [0.2, 0.25) is 0 Å². The molecule has 3 N–H and O–H groups in total. The number of benzene rings is 2. The van der Waals surface area contributed by atoms with Crippen LogP contribution in [0.1, 0.15) is 0 Å². The number of nitrogens with zero attached hydrogens (tertiary/aromatic N) is 3. The summed E-state index contributed by atoms with van der Waals surface area (Å²) in [6, 6.07) is 5.41. The molecule has 0 aliphatic heterocycles. The third-order valence-corrected chi connectivity index (χ3v) is 2.83. The SMILES string of the molecule is [B]c1cc([B])c(O)c(-n2nc3cc(O)c(O)cc3n2)c1. The smallest absolute Gasteiger partial charge is 0.159 e. The summed E-state index contributed by atoms with van der Waals surface area (Å²) in [4.78, 5) is 1.13. The maximum absolute atomic E-state index is 9.93. The molecule has 3 aromatic rings. The Bertz CT molecular complexity index is 793. The maximum Gasteiger partial charge on any atom is 0.159 e. The summed E-state index contributed by atoms with van der Waals surface area (Å²) in [5.41, 5.74) is 1.36. The Kier molecular flexibility index (Phi) is 2.60. The second kappa shape index (κ2) is 4.19. The van der Waals surface area contributed by atoms with Gasteiger partial charge >= 0.3 is 0 Å². The molecule has 0 unspecified atom stereocenters. The van der Waals surface area contributed by atoms with Crippen molar-refractivity contribution in [3.8, 4) is 22.9 Å². The average molecular weight is 263 g/mol. The van der Waals surface area contributed by atoms with Crippen LogP contribution in [0.4, 0.5) is 0 Å². The lowest BCUT2D eigenvalue weighted by Crippen LogP contribution is -2.17. The van der Waals surface area contributed by atoms with Crippen molar-refractivity contribution >= 4 is 37.7 Å². The largest absolute Gasteiger partial charge is 0.506 e. The third kappa shape index (κ3) is 1.85. The zero-order valence-corrected chi connectivity index (χ0v) is 10.1. The fourth-order valence-corrected chi connectivity index (χ4v) is 1.87. The number of hydrogen-bond acceptors (Lipinski definition) is 5. The van der Waals surface area contributed by atoms with Crippen LogP contribution >= 0.6 is 0 Å². The first kappa shape index (κ1) is 12.4. The quantitative estimate of drug-likeness (QED) is 0.392. The number of phenols is 3. The Morgan fingerprint density at radius 1 is 0.850 bits per heavy atom. The van der Waals surface area contributed by atoms with E-state index < -0.39 is 0 Å². The van der Waals surface area contributed by atoms with E-state index in [1.54, 1.807) is 0 Å². The number of fused-ring (bicyclic) bond motifs is 1. The van der Waals surface area contributed by atoms with Gasteiger partial charge in [0.2, 0.25) is 0 Å². The molecule has 0 amide bonds. The molecule has 0 saturated heterocycles. The highest BCUT2D eigenvalue weighted by atomic mass is 16.3. The molecule has 0 bridgehead atoms. The first-order valence-electron chi connectivity index (χ1n) is 5.63. The van der Waals surface area contributed by atoms with Crippen molar-refractivity contribution in [1.29, 1.82) is 0 Å². The molecule has 6 nitrogen and oxygen atoms in total. The van der Waals surface area contributed by atoms with Gasteiger partial charge in [0.25, 0.3) is 0 Å². The minimum atomic E-state index is -0.305. The molecular formula is C12H7B2N3O3. The van der Waals surface area contributed by atoms with Crippen molar-refractivity contribution in [2.75, 3.05) is 0 Å². The molecule has 0 aliphatic carbocycles. The van der Waals surface area contributed by atoms with Crippen molar-refractivity contribution in [3.63, 3.8) is 0 Å². The van der Waals surface area contributed by atoms with Crippen LogP contribution in [0.15, 0.2) is 24.3 Å². The molecule has 4 radical (unpaired) electrons. The van der Waals surface area contributed by atoms with Gasteiger partial charge in [0, 0.05) is 12.1 Å². The van der Waals surface area contributed by atoms with Gasteiger partial charge in [0.15, 0.2) is 11.5 Å². The van der Waals surface area contributed by atoms with E-state index in [0.29, 0.717) is 16.5 Å². The molecule has 8 heteroatoms. The highest BCUT2D eigenvalue weighted by molar-refractivity contribution is 6.39. The highest BCUT2D eigenvalue weighted by Gasteiger charge is 2.13. The first-order chi connectivity index (χ1) is 9.45. The lowest BCUT2D eigenvalue weighted by atomic mass is 9.86. The van der Waals surface area contributed by atoms with E-state index in [1.807, 2.05) is 0 Å². The van der Waals surface area contributed by atoms with Crippen LogP contribution in [0.25, 0.3) is 16.7 Å². The van der Waals surface area contributed by atoms with Crippen LogP contribution in [-0.4, -0.2) is 46.0 Å². The topological polar surface area (TPSA) is 91.4 Å². The molecule has 3 rings (SSSR count). The lowest BCUT2D eigenvalue weighted by molar-refractivity contribution is 0.405. The summed E-state index contributed by atoms with van der Waals surface area (Å²) < 4.78 is 0. The standard InChI is InChI=1S/C12H7B2N3O3/c13-5-1-6(14)12(20)9(2-5)17-15-7-3-10(18)11(19)4-8(7)16-17/h1-4,18-20H.